The molecule has 0 saturated heterocycles. The first-order valence-electron chi connectivity index (χ1n) is 2.56. The van der Waals surface area contributed by atoms with Crippen LogP contribution in [0.3, 0.4) is 0 Å². The molecule has 0 unspecified atom stereocenters. The van der Waals surface area contributed by atoms with E-state index in [4.69, 9.17) is 3.07 Å². The maximum Gasteiger partial charge on any atom is 0.110 e. The molecule has 1 aromatic rings. The van der Waals surface area contributed by atoms with Crippen molar-refractivity contribution in [2.45, 2.75) is 6.61 Å². The van der Waals surface area contributed by atoms with Crippen molar-refractivity contribution in [2.75, 3.05) is 0 Å². The zero-order chi connectivity index (χ0) is 6.53. The molecule has 2 nitrogen and oxygen atoms in total. The Hall–Kier alpha value is -0.160. The van der Waals surface area contributed by atoms with E-state index in [1.54, 1.807) is 12.4 Å². The Balaban J connectivity index is 2.61. The van der Waals surface area contributed by atoms with Crippen molar-refractivity contribution in [1.29, 1.82) is 0 Å². The Bertz CT molecular complexity index is 166. The van der Waals surface area contributed by atoms with E-state index >= 15 is 0 Å². The van der Waals surface area contributed by atoms with Gasteiger partial charge in [0.2, 0.25) is 0 Å². The topological polar surface area (TPSA) is 22.1 Å². The van der Waals surface area contributed by atoms with Gasteiger partial charge in [-0.3, -0.25) is 4.98 Å². The Labute approximate surface area is 67.9 Å². The third kappa shape index (κ3) is 2.28. The van der Waals surface area contributed by atoms with Crippen LogP contribution in [0.5, 0.6) is 0 Å². The SMILES string of the molecule is IOCc1ccncc1. The molecule has 0 spiro atoms. The Morgan fingerprint density at radius 2 is 2.11 bits per heavy atom. The predicted molar refractivity (Wildman–Crippen MR) is 43.0 cm³/mol. The summed E-state index contributed by atoms with van der Waals surface area (Å²) in [5.41, 5.74) is 1.15. The molecule has 0 aliphatic rings. The Morgan fingerprint density at radius 1 is 1.44 bits per heavy atom. The first-order chi connectivity index (χ1) is 4.43. The van der Waals surface area contributed by atoms with Crippen LogP contribution in [-0.4, -0.2) is 4.98 Å². The molecule has 0 aromatic carbocycles. The minimum Gasteiger partial charge on any atom is -0.311 e. The van der Waals surface area contributed by atoms with E-state index < -0.39 is 0 Å². The summed E-state index contributed by atoms with van der Waals surface area (Å²) in [6.07, 6.45) is 3.51. The van der Waals surface area contributed by atoms with Crippen LogP contribution in [0.4, 0.5) is 0 Å². The van der Waals surface area contributed by atoms with Gasteiger partial charge in [-0.15, -0.1) is 0 Å². The van der Waals surface area contributed by atoms with Crippen LogP contribution >= 0.6 is 23.0 Å². The molecular formula is C6H6INO. The van der Waals surface area contributed by atoms with E-state index in [0.717, 1.165) is 5.56 Å². The van der Waals surface area contributed by atoms with Gasteiger partial charge < -0.3 is 3.07 Å². The molecule has 1 aromatic heterocycles. The number of hydrogen-bond acceptors (Lipinski definition) is 2. The van der Waals surface area contributed by atoms with Gasteiger partial charge in [0.15, 0.2) is 0 Å². The van der Waals surface area contributed by atoms with Crippen molar-refractivity contribution in [3.05, 3.63) is 30.1 Å². The van der Waals surface area contributed by atoms with E-state index in [0.29, 0.717) is 6.61 Å². The quantitative estimate of drug-likeness (QED) is 0.731. The Kier molecular flexibility index (Phi) is 2.93. The molecule has 0 saturated carbocycles. The zero-order valence-electron chi connectivity index (χ0n) is 4.75. The summed E-state index contributed by atoms with van der Waals surface area (Å²) in [4.78, 5) is 3.87. The van der Waals surface area contributed by atoms with Gasteiger partial charge in [0.25, 0.3) is 0 Å². The maximum absolute atomic E-state index is 4.87. The molecular weight excluding hydrogens is 229 g/mol. The molecule has 0 N–H and O–H groups in total. The lowest BCUT2D eigenvalue weighted by atomic mass is 10.3. The van der Waals surface area contributed by atoms with Crippen LogP contribution in [0.15, 0.2) is 24.5 Å². The number of hydrogen-bond donors (Lipinski definition) is 0. The van der Waals surface area contributed by atoms with Crippen molar-refractivity contribution >= 4 is 23.0 Å². The molecule has 0 aliphatic heterocycles. The smallest absolute Gasteiger partial charge is 0.110 e. The van der Waals surface area contributed by atoms with Gasteiger partial charge in [-0.1, -0.05) is 0 Å². The number of aromatic nitrogens is 1. The molecule has 48 valence electrons. The van der Waals surface area contributed by atoms with Gasteiger partial charge in [0, 0.05) is 12.4 Å². The molecule has 0 radical (unpaired) electrons. The van der Waals surface area contributed by atoms with E-state index in [9.17, 15) is 0 Å². The molecule has 0 amide bonds. The fraction of sp³-hybridized carbons (Fsp3) is 0.167. The average Bonchev–Trinajstić information content (AvgIpc) is 1.91. The van der Waals surface area contributed by atoms with Gasteiger partial charge in [0.1, 0.15) is 23.0 Å². The van der Waals surface area contributed by atoms with Crippen LogP contribution < -0.4 is 0 Å². The summed E-state index contributed by atoms with van der Waals surface area (Å²) in [6.45, 7) is 0.656. The van der Waals surface area contributed by atoms with Gasteiger partial charge in [-0.2, -0.15) is 0 Å². The molecule has 0 fully saturated rings. The molecule has 3 heteroatoms. The average molecular weight is 235 g/mol. The van der Waals surface area contributed by atoms with Gasteiger partial charge in [-0.25, -0.2) is 0 Å². The molecule has 0 atom stereocenters. The summed E-state index contributed by atoms with van der Waals surface area (Å²) in [5, 5.41) is 0. The molecule has 0 aliphatic carbocycles. The monoisotopic (exact) mass is 235 g/mol. The van der Waals surface area contributed by atoms with Crippen LogP contribution in [0.1, 0.15) is 5.56 Å². The van der Waals surface area contributed by atoms with Crippen LogP contribution in [-0.2, 0) is 9.67 Å². The molecule has 1 rings (SSSR count). The summed E-state index contributed by atoms with van der Waals surface area (Å²) >= 11 is 1.87. The van der Waals surface area contributed by atoms with Gasteiger partial charge >= 0.3 is 0 Å². The second-order valence-electron chi connectivity index (χ2n) is 1.61. The van der Waals surface area contributed by atoms with E-state index in [-0.39, 0.29) is 0 Å². The number of pyridine rings is 1. The van der Waals surface area contributed by atoms with Crippen molar-refractivity contribution in [1.82, 2.24) is 4.98 Å². The van der Waals surface area contributed by atoms with Crippen molar-refractivity contribution < 1.29 is 3.07 Å². The van der Waals surface area contributed by atoms with E-state index in [2.05, 4.69) is 4.98 Å². The third-order valence-electron chi connectivity index (χ3n) is 0.971. The second kappa shape index (κ2) is 3.79. The highest BCUT2D eigenvalue weighted by Gasteiger charge is 1.86. The van der Waals surface area contributed by atoms with Gasteiger partial charge in [0.05, 0.1) is 6.61 Å². The van der Waals surface area contributed by atoms with Crippen LogP contribution in [0, 0.1) is 0 Å². The fourth-order valence-electron chi connectivity index (χ4n) is 0.542. The van der Waals surface area contributed by atoms with Crippen molar-refractivity contribution in [3.63, 3.8) is 0 Å². The minimum atomic E-state index is 0.656. The molecule has 1 heterocycles. The predicted octanol–water partition coefficient (Wildman–Crippen LogP) is 1.95. The lowest BCUT2D eigenvalue weighted by molar-refractivity contribution is 0.418. The molecule has 0 bridgehead atoms. The number of rotatable bonds is 2. The maximum atomic E-state index is 4.87. The standard InChI is InChI=1S/C6H6INO/c7-9-5-6-1-3-8-4-2-6/h1-4H,5H2. The first-order valence-corrected chi connectivity index (χ1v) is 3.44. The lowest BCUT2D eigenvalue weighted by Gasteiger charge is -1.93. The first kappa shape index (κ1) is 6.95. The normalized spacial score (nSPS) is 9.44. The fourth-order valence-corrected chi connectivity index (χ4v) is 0.902. The zero-order valence-corrected chi connectivity index (χ0v) is 6.91. The van der Waals surface area contributed by atoms with E-state index in [1.165, 1.54) is 0 Å². The summed E-state index contributed by atoms with van der Waals surface area (Å²) in [5.74, 6) is 0. The highest BCUT2D eigenvalue weighted by atomic mass is 127. The highest BCUT2D eigenvalue weighted by Crippen LogP contribution is 2.00. The minimum absolute atomic E-state index is 0.656. The van der Waals surface area contributed by atoms with Crippen LogP contribution in [0.2, 0.25) is 0 Å². The number of nitrogens with zero attached hydrogens (tertiary/aromatic N) is 1. The summed E-state index contributed by atoms with van der Waals surface area (Å²) in [6, 6.07) is 3.86. The highest BCUT2D eigenvalue weighted by molar-refractivity contribution is 14.1. The number of halogens is 1. The molecule has 9 heavy (non-hydrogen) atoms. The summed E-state index contributed by atoms with van der Waals surface area (Å²) in [7, 11) is 0. The third-order valence-corrected chi connectivity index (χ3v) is 1.28. The van der Waals surface area contributed by atoms with Gasteiger partial charge in [-0.05, 0) is 17.7 Å². The van der Waals surface area contributed by atoms with Crippen molar-refractivity contribution in [2.24, 2.45) is 0 Å². The summed E-state index contributed by atoms with van der Waals surface area (Å²) < 4.78 is 4.87. The Morgan fingerprint density at radius 3 is 2.67 bits per heavy atom. The van der Waals surface area contributed by atoms with Crippen molar-refractivity contribution in [3.8, 4) is 0 Å². The lowest BCUT2D eigenvalue weighted by Crippen LogP contribution is -1.81. The second-order valence-corrected chi connectivity index (χ2v) is 2.23. The van der Waals surface area contributed by atoms with E-state index in [1.807, 2.05) is 35.1 Å². The van der Waals surface area contributed by atoms with Crippen LogP contribution in [0.25, 0.3) is 0 Å². The largest absolute Gasteiger partial charge is 0.311 e.